The Morgan fingerprint density at radius 2 is 0.935 bits per heavy atom. The molecule has 0 bridgehead atoms. The van der Waals surface area contributed by atoms with Gasteiger partial charge in [0.15, 0.2) is 17.5 Å². The Kier molecular flexibility index (Phi) is 5.41. The van der Waals surface area contributed by atoms with Gasteiger partial charge < -0.3 is 4.74 Å². The molecule has 0 atom stereocenters. The van der Waals surface area contributed by atoms with Crippen molar-refractivity contribution in [1.82, 2.24) is 15.0 Å². The van der Waals surface area contributed by atoms with Crippen LogP contribution in [0, 0.1) is 0 Å². The van der Waals surface area contributed by atoms with Gasteiger partial charge in [-0.15, -0.1) is 11.3 Å². The summed E-state index contributed by atoms with van der Waals surface area (Å²) in [4.78, 5) is 15.0. The van der Waals surface area contributed by atoms with Crippen LogP contribution in [0.4, 0.5) is 0 Å². The molecule has 0 N–H and O–H groups in total. The smallest absolute Gasteiger partial charge is 0.164 e. The zero-order valence-electron chi connectivity index (χ0n) is 24.4. The highest BCUT2D eigenvalue weighted by Gasteiger charge is 2.23. The minimum atomic E-state index is 0.650. The molecule has 2 aromatic heterocycles. The second-order valence-electron chi connectivity index (χ2n) is 11.6. The Hall–Kier alpha value is -5.91. The van der Waals surface area contributed by atoms with E-state index in [2.05, 4.69) is 78.9 Å². The standard InChI is InChI=1S/C41H23N3OS/c1-3-10-24(11-4-1)39-42-40(25-12-5-2-6-13-25)44-41(43-39)31-19-18-28(26-14-7-8-15-27(26)31)29-20-22-33-36-30(29)21-23-35-38(36)37-32(45-33)16-9-17-34(37)46-35/h1-23H. The summed E-state index contributed by atoms with van der Waals surface area (Å²) in [6, 6.07) is 48.4. The highest BCUT2D eigenvalue weighted by molar-refractivity contribution is 7.26. The molecule has 214 valence electrons. The van der Waals surface area contributed by atoms with E-state index >= 15 is 0 Å². The van der Waals surface area contributed by atoms with Crippen LogP contribution in [0.1, 0.15) is 0 Å². The average Bonchev–Trinajstić information content (AvgIpc) is 3.52. The summed E-state index contributed by atoms with van der Waals surface area (Å²) in [6.07, 6.45) is 0. The molecule has 4 nitrogen and oxygen atoms in total. The predicted molar refractivity (Wildman–Crippen MR) is 190 cm³/mol. The summed E-state index contributed by atoms with van der Waals surface area (Å²) in [5, 5.41) is 7.13. The monoisotopic (exact) mass is 605 g/mol. The minimum absolute atomic E-state index is 0.650. The van der Waals surface area contributed by atoms with Crippen LogP contribution in [-0.2, 0) is 0 Å². The van der Waals surface area contributed by atoms with Gasteiger partial charge in [-0.3, -0.25) is 0 Å². The van der Waals surface area contributed by atoms with Gasteiger partial charge in [-0.05, 0) is 57.6 Å². The molecule has 0 aliphatic carbocycles. The number of fused-ring (bicyclic) bond motifs is 1. The van der Waals surface area contributed by atoms with Crippen molar-refractivity contribution < 1.29 is 4.74 Å². The fourth-order valence-corrected chi connectivity index (χ4v) is 8.00. The molecule has 0 fully saturated rings. The van der Waals surface area contributed by atoms with Crippen molar-refractivity contribution in [2.24, 2.45) is 0 Å². The van der Waals surface area contributed by atoms with Gasteiger partial charge in [-0.25, -0.2) is 15.0 Å². The van der Waals surface area contributed by atoms with Gasteiger partial charge in [0.05, 0.1) is 0 Å². The maximum Gasteiger partial charge on any atom is 0.164 e. The number of hydrogen-bond acceptors (Lipinski definition) is 5. The lowest BCUT2D eigenvalue weighted by Crippen LogP contribution is -2.00. The zero-order valence-corrected chi connectivity index (χ0v) is 25.3. The number of hydrogen-bond donors (Lipinski definition) is 0. The Morgan fingerprint density at radius 3 is 1.67 bits per heavy atom. The van der Waals surface area contributed by atoms with Crippen LogP contribution in [0.25, 0.3) is 87.0 Å². The molecular formula is C41H23N3OS. The fourth-order valence-electron chi connectivity index (χ4n) is 6.87. The molecule has 5 heteroatoms. The Bertz CT molecular complexity index is 2610. The lowest BCUT2D eigenvalue weighted by atomic mass is 9.90. The molecule has 0 saturated carbocycles. The molecule has 9 aromatic rings. The second kappa shape index (κ2) is 9.80. The number of aromatic nitrogens is 3. The number of thiophene rings is 1. The maximum absolute atomic E-state index is 6.48. The van der Waals surface area contributed by atoms with Crippen molar-refractivity contribution in [3.63, 3.8) is 0 Å². The molecule has 3 heterocycles. The predicted octanol–water partition coefficient (Wildman–Crippen LogP) is 11.3. The molecule has 1 aliphatic rings. The molecular weight excluding hydrogens is 583 g/mol. The van der Waals surface area contributed by atoms with Crippen molar-refractivity contribution in [3.8, 4) is 56.8 Å². The Labute approximate surface area is 268 Å². The van der Waals surface area contributed by atoms with Crippen LogP contribution in [0.3, 0.4) is 0 Å². The SMILES string of the molecule is c1ccc(-c2nc(-c3ccccc3)nc(-c3ccc(-c4ccc5c6c4ccc4sc7cccc(c7c46)O5)c4ccccc34)n2)cc1. The van der Waals surface area contributed by atoms with Crippen molar-refractivity contribution in [2.75, 3.05) is 0 Å². The topological polar surface area (TPSA) is 47.9 Å². The van der Waals surface area contributed by atoms with Gasteiger partial charge >= 0.3 is 0 Å². The first-order valence-electron chi connectivity index (χ1n) is 15.3. The third-order valence-electron chi connectivity index (χ3n) is 8.94. The van der Waals surface area contributed by atoms with Crippen molar-refractivity contribution in [3.05, 3.63) is 140 Å². The summed E-state index contributed by atoms with van der Waals surface area (Å²) >= 11 is 1.83. The van der Waals surface area contributed by atoms with Crippen LogP contribution in [0.2, 0.25) is 0 Å². The third-order valence-corrected chi connectivity index (χ3v) is 10.1. The number of nitrogens with zero attached hydrogens (tertiary/aromatic N) is 3. The Balaban J connectivity index is 1.21. The summed E-state index contributed by atoms with van der Waals surface area (Å²) in [7, 11) is 0. The summed E-state index contributed by atoms with van der Waals surface area (Å²) in [6.45, 7) is 0. The van der Waals surface area contributed by atoms with Gasteiger partial charge in [-0.1, -0.05) is 109 Å². The van der Waals surface area contributed by atoms with E-state index in [1.807, 2.05) is 72.0 Å². The molecule has 10 rings (SSSR count). The molecule has 0 spiro atoms. The molecule has 1 aliphatic heterocycles. The minimum Gasteiger partial charge on any atom is -0.456 e. The first kappa shape index (κ1) is 25.4. The molecule has 0 unspecified atom stereocenters. The van der Waals surface area contributed by atoms with E-state index in [0.29, 0.717) is 17.5 Å². The van der Waals surface area contributed by atoms with E-state index in [-0.39, 0.29) is 0 Å². The highest BCUT2D eigenvalue weighted by atomic mass is 32.1. The zero-order chi connectivity index (χ0) is 30.2. The van der Waals surface area contributed by atoms with Crippen LogP contribution in [0.5, 0.6) is 11.5 Å². The summed E-state index contributed by atoms with van der Waals surface area (Å²) in [5.74, 6) is 3.81. The first-order chi connectivity index (χ1) is 22.8. The molecule has 0 amide bonds. The van der Waals surface area contributed by atoms with Crippen LogP contribution >= 0.6 is 11.3 Å². The molecule has 46 heavy (non-hydrogen) atoms. The van der Waals surface area contributed by atoms with Crippen molar-refractivity contribution in [2.45, 2.75) is 0 Å². The summed E-state index contributed by atoms with van der Waals surface area (Å²) in [5.41, 5.74) is 5.22. The lowest BCUT2D eigenvalue weighted by molar-refractivity contribution is 0.493. The average molecular weight is 606 g/mol. The molecule has 7 aromatic carbocycles. The van der Waals surface area contributed by atoms with Gasteiger partial charge in [0.2, 0.25) is 0 Å². The molecule has 0 radical (unpaired) electrons. The summed E-state index contributed by atoms with van der Waals surface area (Å²) < 4.78 is 9.02. The van der Waals surface area contributed by atoms with Crippen LogP contribution < -0.4 is 4.74 Å². The van der Waals surface area contributed by atoms with E-state index in [9.17, 15) is 0 Å². The van der Waals surface area contributed by atoms with E-state index < -0.39 is 0 Å². The number of benzene rings is 7. The van der Waals surface area contributed by atoms with Crippen molar-refractivity contribution >= 4 is 53.1 Å². The second-order valence-corrected chi connectivity index (χ2v) is 12.6. The Morgan fingerprint density at radius 1 is 0.370 bits per heavy atom. The normalized spacial score (nSPS) is 12.1. The van der Waals surface area contributed by atoms with Gasteiger partial charge in [0.25, 0.3) is 0 Å². The lowest BCUT2D eigenvalue weighted by Gasteiger charge is -2.19. The maximum atomic E-state index is 6.48. The van der Waals surface area contributed by atoms with E-state index in [4.69, 9.17) is 19.7 Å². The van der Waals surface area contributed by atoms with Gasteiger partial charge in [-0.2, -0.15) is 0 Å². The van der Waals surface area contributed by atoms with E-state index in [1.54, 1.807) is 0 Å². The third kappa shape index (κ3) is 3.76. The van der Waals surface area contributed by atoms with Gasteiger partial charge in [0, 0.05) is 42.2 Å². The fraction of sp³-hybridized carbons (Fsp3) is 0. The highest BCUT2D eigenvalue weighted by Crippen LogP contribution is 2.52. The van der Waals surface area contributed by atoms with E-state index in [1.165, 1.54) is 36.5 Å². The van der Waals surface area contributed by atoms with E-state index in [0.717, 1.165) is 44.5 Å². The number of rotatable bonds is 4. The van der Waals surface area contributed by atoms with Crippen molar-refractivity contribution in [1.29, 1.82) is 0 Å². The number of ether oxygens (including phenoxy) is 1. The van der Waals surface area contributed by atoms with Gasteiger partial charge in [0.1, 0.15) is 11.5 Å². The quantitative estimate of drug-likeness (QED) is 0.200. The largest absolute Gasteiger partial charge is 0.456 e. The van der Waals surface area contributed by atoms with Crippen LogP contribution in [0.15, 0.2) is 140 Å². The molecule has 0 saturated heterocycles. The van der Waals surface area contributed by atoms with Crippen LogP contribution in [-0.4, -0.2) is 15.0 Å². The first-order valence-corrected chi connectivity index (χ1v) is 16.1.